The SMILES string of the molecule is CC(C)C1CC(=O)CN1C(=O)OC(C)(C)C. The zero-order valence-electron chi connectivity index (χ0n) is 10.7. The third-order valence-electron chi connectivity index (χ3n) is 2.58. The Labute approximate surface area is 96.9 Å². The van der Waals surface area contributed by atoms with Crippen LogP contribution in [0.25, 0.3) is 0 Å². The molecule has 0 aromatic carbocycles. The highest BCUT2D eigenvalue weighted by atomic mass is 16.6. The summed E-state index contributed by atoms with van der Waals surface area (Å²) in [6, 6.07) is -0.0117. The van der Waals surface area contributed by atoms with Gasteiger partial charge in [-0.3, -0.25) is 9.69 Å². The number of Topliss-reactive ketones (excluding diaryl/α,β-unsaturated/α-hetero) is 1. The average Bonchev–Trinajstić information content (AvgIpc) is 2.44. The zero-order valence-corrected chi connectivity index (χ0v) is 10.7. The first-order chi connectivity index (χ1) is 7.20. The molecule has 0 spiro atoms. The number of likely N-dealkylation sites (tertiary alicyclic amines) is 1. The molecule has 1 atom stereocenters. The van der Waals surface area contributed by atoms with E-state index in [1.54, 1.807) is 4.90 Å². The lowest BCUT2D eigenvalue weighted by Crippen LogP contribution is -2.42. The van der Waals surface area contributed by atoms with E-state index in [1.807, 2.05) is 34.6 Å². The number of carbonyl (C=O) groups is 2. The van der Waals surface area contributed by atoms with Crippen LogP contribution in [0.3, 0.4) is 0 Å². The molecule has 0 bridgehead atoms. The summed E-state index contributed by atoms with van der Waals surface area (Å²) in [5.41, 5.74) is -0.510. The summed E-state index contributed by atoms with van der Waals surface area (Å²) in [6.45, 7) is 9.70. The van der Waals surface area contributed by atoms with Crippen molar-refractivity contribution in [1.82, 2.24) is 4.90 Å². The van der Waals surface area contributed by atoms with E-state index < -0.39 is 5.60 Å². The number of nitrogens with zero attached hydrogens (tertiary/aromatic N) is 1. The number of ketones is 1. The summed E-state index contributed by atoms with van der Waals surface area (Å²) in [4.78, 5) is 24.8. The molecule has 1 unspecified atom stereocenters. The minimum Gasteiger partial charge on any atom is -0.444 e. The van der Waals surface area contributed by atoms with Crippen LogP contribution in [0.2, 0.25) is 0 Å². The fourth-order valence-electron chi connectivity index (χ4n) is 1.83. The second-order valence-electron chi connectivity index (χ2n) is 5.66. The van der Waals surface area contributed by atoms with Gasteiger partial charge in [-0.1, -0.05) is 13.8 Å². The molecule has 0 saturated carbocycles. The highest BCUT2D eigenvalue weighted by Crippen LogP contribution is 2.23. The Balaban J connectivity index is 2.71. The van der Waals surface area contributed by atoms with Crippen molar-refractivity contribution in [1.29, 1.82) is 0 Å². The standard InChI is InChI=1S/C12H21NO3/c1-8(2)10-6-9(14)7-13(10)11(15)16-12(3,4)5/h8,10H,6-7H2,1-5H3. The van der Waals surface area contributed by atoms with Crippen molar-refractivity contribution in [3.63, 3.8) is 0 Å². The number of ether oxygens (including phenoxy) is 1. The predicted octanol–water partition coefficient (Wildman–Crippen LogP) is 2.22. The normalized spacial score (nSPS) is 21.8. The van der Waals surface area contributed by atoms with Gasteiger partial charge in [0.15, 0.2) is 5.78 Å². The average molecular weight is 227 g/mol. The molecule has 0 aromatic heterocycles. The first kappa shape index (κ1) is 13.0. The fourth-order valence-corrected chi connectivity index (χ4v) is 1.83. The van der Waals surface area contributed by atoms with Gasteiger partial charge < -0.3 is 4.74 Å². The van der Waals surface area contributed by atoms with Crippen molar-refractivity contribution < 1.29 is 14.3 Å². The summed E-state index contributed by atoms with van der Waals surface area (Å²) in [6.07, 6.45) is 0.0775. The van der Waals surface area contributed by atoms with Crippen molar-refractivity contribution in [2.75, 3.05) is 6.54 Å². The molecule has 0 radical (unpaired) electrons. The molecule has 4 nitrogen and oxygen atoms in total. The van der Waals surface area contributed by atoms with E-state index in [0.717, 1.165) is 0 Å². The quantitative estimate of drug-likeness (QED) is 0.690. The second kappa shape index (κ2) is 4.44. The second-order valence-corrected chi connectivity index (χ2v) is 5.66. The van der Waals surface area contributed by atoms with Gasteiger partial charge in [-0.25, -0.2) is 4.79 Å². The first-order valence-corrected chi connectivity index (χ1v) is 5.72. The number of hydrogen-bond acceptors (Lipinski definition) is 3. The lowest BCUT2D eigenvalue weighted by Gasteiger charge is -2.29. The van der Waals surface area contributed by atoms with E-state index >= 15 is 0 Å². The Hall–Kier alpha value is -1.06. The van der Waals surface area contributed by atoms with Gasteiger partial charge in [-0.2, -0.15) is 0 Å². The van der Waals surface area contributed by atoms with E-state index in [4.69, 9.17) is 4.74 Å². The molecular weight excluding hydrogens is 206 g/mol. The van der Waals surface area contributed by atoms with Gasteiger partial charge in [0.25, 0.3) is 0 Å². The number of amides is 1. The van der Waals surface area contributed by atoms with Gasteiger partial charge in [0.05, 0.1) is 6.54 Å². The Morgan fingerprint density at radius 3 is 2.44 bits per heavy atom. The van der Waals surface area contributed by atoms with Crippen molar-refractivity contribution in [2.24, 2.45) is 5.92 Å². The van der Waals surface area contributed by atoms with Gasteiger partial charge >= 0.3 is 6.09 Å². The van der Waals surface area contributed by atoms with Crippen LogP contribution in [0, 0.1) is 5.92 Å². The molecule has 1 amide bonds. The van der Waals surface area contributed by atoms with Crippen molar-refractivity contribution in [3.8, 4) is 0 Å². The molecule has 0 N–H and O–H groups in total. The maximum Gasteiger partial charge on any atom is 0.410 e. The van der Waals surface area contributed by atoms with Crippen molar-refractivity contribution in [3.05, 3.63) is 0 Å². The molecule has 4 heteroatoms. The molecule has 1 saturated heterocycles. The lowest BCUT2D eigenvalue weighted by atomic mass is 10.0. The van der Waals surface area contributed by atoms with E-state index in [-0.39, 0.29) is 30.4 Å². The molecular formula is C12H21NO3. The highest BCUT2D eigenvalue weighted by molar-refractivity contribution is 5.88. The monoisotopic (exact) mass is 227 g/mol. The third-order valence-corrected chi connectivity index (χ3v) is 2.58. The van der Waals surface area contributed by atoms with E-state index in [2.05, 4.69) is 0 Å². The maximum absolute atomic E-state index is 11.9. The highest BCUT2D eigenvalue weighted by Gasteiger charge is 2.37. The minimum atomic E-state index is -0.510. The number of carbonyl (C=O) groups excluding carboxylic acids is 2. The lowest BCUT2D eigenvalue weighted by molar-refractivity contribution is -0.117. The molecule has 16 heavy (non-hydrogen) atoms. The summed E-state index contributed by atoms with van der Waals surface area (Å²) >= 11 is 0. The molecule has 1 aliphatic heterocycles. The fraction of sp³-hybridized carbons (Fsp3) is 0.833. The molecule has 1 aliphatic rings. The molecule has 0 aliphatic carbocycles. The van der Waals surface area contributed by atoms with Crippen LogP contribution in [-0.2, 0) is 9.53 Å². The van der Waals surface area contributed by atoms with Crippen molar-refractivity contribution in [2.45, 2.75) is 52.7 Å². The zero-order chi connectivity index (χ0) is 12.5. The third kappa shape index (κ3) is 3.22. The van der Waals surface area contributed by atoms with Crippen LogP contribution in [-0.4, -0.2) is 35.0 Å². The van der Waals surface area contributed by atoms with Crippen LogP contribution in [0.4, 0.5) is 4.79 Å². The molecule has 1 fully saturated rings. The first-order valence-electron chi connectivity index (χ1n) is 5.72. The van der Waals surface area contributed by atoms with Gasteiger partial charge in [-0.05, 0) is 26.7 Å². The smallest absolute Gasteiger partial charge is 0.410 e. The molecule has 1 rings (SSSR count). The van der Waals surface area contributed by atoms with Crippen molar-refractivity contribution >= 4 is 11.9 Å². The minimum absolute atomic E-state index is 0.0117. The maximum atomic E-state index is 11.9. The molecule has 0 aromatic rings. The predicted molar refractivity (Wildman–Crippen MR) is 61.2 cm³/mol. The number of hydrogen-bond donors (Lipinski definition) is 0. The molecule has 1 heterocycles. The Bertz CT molecular complexity index is 291. The Kier molecular flexibility index (Phi) is 3.61. The summed E-state index contributed by atoms with van der Waals surface area (Å²) in [5.74, 6) is 0.392. The topological polar surface area (TPSA) is 46.6 Å². The van der Waals surface area contributed by atoms with Gasteiger partial charge in [0.2, 0.25) is 0 Å². The number of rotatable bonds is 1. The van der Waals surface area contributed by atoms with Crippen LogP contribution < -0.4 is 0 Å². The van der Waals surface area contributed by atoms with Crippen LogP contribution in [0.15, 0.2) is 0 Å². The van der Waals surface area contributed by atoms with Crippen LogP contribution in [0.5, 0.6) is 0 Å². The Morgan fingerprint density at radius 2 is 2.00 bits per heavy atom. The van der Waals surface area contributed by atoms with Crippen LogP contribution >= 0.6 is 0 Å². The van der Waals surface area contributed by atoms with Gasteiger partial charge in [0, 0.05) is 12.5 Å². The largest absolute Gasteiger partial charge is 0.444 e. The van der Waals surface area contributed by atoms with Crippen LogP contribution in [0.1, 0.15) is 41.0 Å². The van der Waals surface area contributed by atoms with Gasteiger partial charge in [0.1, 0.15) is 5.60 Å². The van der Waals surface area contributed by atoms with E-state index in [0.29, 0.717) is 6.42 Å². The van der Waals surface area contributed by atoms with E-state index in [9.17, 15) is 9.59 Å². The summed E-state index contributed by atoms with van der Waals surface area (Å²) in [7, 11) is 0. The summed E-state index contributed by atoms with van der Waals surface area (Å²) in [5, 5.41) is 0. The summed E-state index contributed by atoms with van der Waals surface area (Å²) < 4.78 is 5.29. The molecule has 92 valence electrons. The Morgan fingerprint density at radius 1 is 1.44 bits per heavy atom. The van der Waals surface area contributed by atoms with Gasteiger partial charge in [-0.15, -0.1) is 0 Å². The van der Waals surface area contributed by atoms with E-state index in [1.165, 1.54) is 0 Å².